The molecule has 0 radical (unpaired) electrons. The van der Waals surface area contributed by atoms with Crippen LogP contribution in [0.15, 0.2) is 53.4 Å². The van der Waals surface area contributed by atoms with Gasteiger partial charge in [0.05, 0.1) is 4.90 Å². The summed E-state index contributed by atoms with van der Waals surface area (Å²) in [5, 5.41) is 0. The van der Waals surface area contributed by atoms with Crippen molar-refractivity contribution in [1.29, 1.82) is 0 Å². The molecule has 0 aliphatic rings. The van der Waals surface area contributed by atoms with Crippen molar-refractivity contribution < 1.29 is 13.2 Å². The number of hydrogen-bond donors (Lipinski definition) is 1. The molecule has 0 saturated carbocycles. The van der Waals surface area contributed by atoms with E-state index in [1.54, 1.807) is 48.5 Å². The number of carbonyl (C=O) groups is 1. The summed E-state index contributed by atoms with van der Waals surface area (Å²) in [5.74, 6) is -0.473. The summed E-state index contributed by atoms with van der Waals surface area (Å²) in [6.07, 6.45) is 1.17. The minimum absolute atomic E-state index is 0.282. The summed E-state index contributed by atoms with van der Waals surface area (Å²) in [5.41, 5.74) is 7.38. The molecule has 2 aromatic rings. The summed E-state index contributed by atoms with van der Waals surface area (Å²) < 4.78 is 22.7. The third kappa shape index (κ3) is 3.00. The van der Waals surface area contributed by atoms with E-state index < -0.39 is 15.7 Å². The molecule has 0 saturated heterocycles. The number of benzene rings is 2. The van der Waals surface area contributed by atoms with Gasteiger partial charge in [0.15, 0.2) is 9.84 Å². The van der Waals surface area contributed by atoms with E-state index in [1.165, 1.54) is 6.26 Å². The van der Waals surface area contributed by atoms with Crippen LogP contribution in [-0.2, 0) is 9.84 Å². The Labute approximate surface area is 111 Å². The molecular weight excluding hydrogens is 262 g/mol. The van der Waals surface area contributed by atoms with Crippen LogP contribution in [0.25, 0.3) is 11.1 Å². The number of amides is 1. The molecule has 0 aromatic heterocycles. The van der Waals surface area contributed by atoms with Crippen molar-refractivity contribution >= 4 is 15.7 Å². The fraction of sp³-hybridized carbons (Fsp3) is 0.0714. The zero-order valence-electron chi connectivity index (χ0n) is 10.3. The molecule has 0 heterocycles. The van der Waals surface area contributed by atoms with Gasteiger partial charge in [0.1, 0.15) is 0 Å². The highest BCUT2D eigenvalue weighted by Gasteiger charge is 2.07. The van der Waals surface area contributed by atoms with Crippen LogP contribution in [0.2, 0.25) is 0 Å². The molecule has 19 heavy (non-hydrogen) atoms. The van der Waals surface area contributed by atoms with E-state index >= 15 is 0 Å². The molecule has 0 aliphatic heterocycles. The molecule has 0 fully saturated rings. The lowest BCUT2D eigenvalue weighted by molar-refractivity contribution is 0.100. The van der Waals surface area contributed by atoms with Crippen molar-refractivity contribution in [2.24, 2.45) is 5.73 Å². The highest BCUT2D eigenvalue weighted by Crippen LogP contribution is 2.21. The van der Waals surface area contributed by atoms with E-state index in [-0.39, 0.29) is 4.90 Å². The molecule has 5 heteroatoms. The molecule has 4 nitrogen and oxygen atoms in total. The van der Waals surface area contributed by atoms with Gasteiger partial charge in [-0.05, 0) is 35.4 Å². The first kappa shape index (κ1) is 13.3. The zero-order chi connectivity index (χ0) is 14.0. The Morgan fingerprint density at radius 3 is 1.68 bits per heavy atom. The summed E-state index contributed by atoms with van der Waals surface area (Å²) in [7, 11) is -3.18. The molecule has 2 rings (SSSR count). The van der Waals surface area contributed by atoms with Gasteiger partial charge in [0, 0.05) is 11.8 Å². The Morgan fingerprint density at radius 1 is 0.895 bits per heavy atom. The maximum absolute atomic E-state index is 11.3. The van der Waals surface area contributed by atoms with Crippen molar-refractivity contribution in [2.45, 2.75) is 4.90 Å². The van der Waals surface area contributed by atoms with Gasteiger partial charge in [0.25, 0.3) is 0 Å². The lowest BCUT2D eigenvalue weighted by Gasteiger charge is -2.04. The van der Waals surface area contributed by atoms with Gasteiger partial charge in [-0.15, -0.1) is 0 Å². The monoisotopic (exact) mass is 275 g/mol. The van der Waals surface area contributed by atoms with Gasteiger partial charge < -0.3 is 5.73 Å². The summed E-state index contributed by atoms with van der Waals surface area (Å²) in [6, 6.07) is 13.4. The molecule has 98 valence electrons. The van der Waals surface area contributed by atoms with Gasteiger partial charge in [-0.3, -0.25) is 4.79 Å². The van der Waals surface area contributed by atoms with Crippen LogP contribution in [0.3, 0.4) is 0 Å². The van der Waals surface area contributed by atoms with Crippen LogP contribution in [0.5, 0.6) is 0 Å². The fourth-order valence-electron chi connectivity index (χ4n) is 1.72. The number of hydrogen-bond acceptors (Lipinski definition) is 3. The topological polar surface area (TPSA) is 77.2 Å². The van der Waals surface area contributed by atoms with Crippen molar-refractivity contribution in [3.8, 4) is 11.1 Å². The predicted molar refractivity (Wildman–Crippen MR) is 73.5 cm³/mol. The maximum Gasteiger partial charge on any atom is 0.248 e. The number of primary amides is 1. The third-order valence-corrected chi connectivity index (χ3v) is 3.91. The quantitative estimate of drug-likeness (QED) is 0.928. The molecule has 0 bridgehead atoms. The van der Waals surface area contributed by atoms with Gasteiger partial charge >= 0.3 is 0 Å². The SMILES string of the molecule is CS(=O)(=O)c1ccc(-c2ccc(C(N)=O)cc2)cc1. The number of rotatable bonds is 3. The van der Waals surface area contributed by atoms with Crippen molar-refractivity contribution in [2.75, 3.05) is 6.26 Å². The normalized spacial score (nSPS) is 11.2. The van der Waals surface area contributed by atoms with E-state index in [4.69, 9.17) is 5.73 Å². The van der Waals surface area contributed by atoms with E-state index in [0.29, 0.717) is 5.56 Å². The van der Waals surface area contributed by atoms with Gasteiger partial charge in [-0.2, -0.15) is 0 Å². The van der Waals surface area contributed by atoms with Crippen molar-refractivity contribution in [3.63, 3.8) is 0 Å². The number of sulfone groups is 1. The summed E-state index contributed by atoms with van der Waals surface area (Å²) in [4.78, 5) is 11.2. The smallest absolute Gasteiger partial charge is 0.248 e. The van der Waals surface area contributed by atoms with Crippen LogP contribution >= 0.6 is 0 Å². The zero-order valence-corrected chi connectivity index (χ0v) is 11.1. The van der Waals surface area contributed by atoms with Crippen LogP contribution in [0.4, 0.5) is 0 Å². The van der Waals surface area contributed by atoms with Gasteiger partial charge in [-0.1, -0.05) is 24.3 Å². The summed E-state index contributed by atoms with van der Waals surface area (Å²) >= 11 is 0. The van der Waals surface area contributed by atoms with E-state index in [1.807, 2.05) is 0 Å². The second kappa shape index (κ2) is 4.85. The van der Waals surface area contributed by atoms with Crippen molar-refractivity contribution in [3.05, 3.63) is 54.1 Å². The predicted octanol–water partition coefficient (Wildman–Crippen LogP) is 1.86. The number of carbonyl (C=O) groups excluding carboxylic acids is 1. The Balaban J connectivity index is 2.35. The minimum atomic E-state index is -3.18. The number of nitrogens with two attached hydrogens (primary N) is 1. The average molecular weight is 275 g/mol. The standard InChI is InChI=1S/C14H13NO3S/c1-19(17,18)13-8-6-11(7-9-13)10-2-4-12(5-3-10)14(15)16/h2-9H,1H3,(H2,15,16). The third-order valence-electron chi connectivity index (χ3n) is 2.79. The lowest BCUT2D eigenvalue weighted by Crippen LogP contribution is -2.10. The molecule has 0 spiro atoms. The fourth-order valence-corrected chi connectivity index (χ4v) is 2.35. The van der Waals surface area contributed by atoms with Crippen molar-refractivity contribution in [1.82, 2.24) is 0 Å². The molecule has 2 N–H and O–H groups in total. The maximum atomic E-state index is 11.3. The molecule has 0 unspecified atom stereocenters. The Hall–Kier alpha value is -2.14. The first-order valence-corrected chi connectivity index (χ1v) is 7.47. The average Bonchev–Trinajstić information content (AvgIpc) is 2.38. The lowest BCUT2D eigenvalue weighted by atomic mass is 10.0. The second-order valence-electron chi connectivity index (χ2n) is 4.24. The first-order valence-electron chi connectivity index (χ1n) is 5.58. The Bertz CT molecular complexity index is 701. The first-order chi connectivity index (χ1) is 8.88. The largest absolute Gasteiger partial charge is 0.366 e. The molecule has 1 amide bonds. The second-order valence-corrected chi connectivity index (χ2v) is 6.25. The highest BCUT2D eigenvalue weighted by atomic mass is 32.2. The highest BCUT2D eigenvalue weighted by molar-refractivity contribution is 7.90. The van der Waals surface area contributed by atoms with Crippen LogP contribution in [0, 0.1) is 0 Å². The Morgan fingerprint density at radius 2 is 1.32 bits per heavy atom. The van der Waals surface area contributed by atoms with E-state index in [0.717, 1.165) is 11.1 Å². The molecule has 0 aliphatic carbocycles. The van der Waals surface area contributed by atoms with Crippen LogP contribution in [0.1, 0.15) is 10.4 Å². The molecule has 0 atom stereocenters. The molecular formula is C14H13NO3S. The van der Waals surface area contributed by atoms with E-state index in [9.17, 15) is 13.2 Å². The summed E-state index contributed by atoms with van der Waals surface area (Å²) in [6.45, 7) is 0. The van der Waals surface area contributed by atoms with Gasteiger partial charge in [-0.25, -0.2) is 8.42 Å². The minimum Gasteiger partial charge on any atom is -0.366 e. The Kier molecular flexibility index (Phi) is 3.40. The van der Waals surface area contributed by atoms with E-state index in [2.05, 4.69) is 0 Å². The van der Waals surface area contributed by atoms with Crippen LogP contribution < -0.4 is 5.73 Å². The van der Waals surface area contributed by atoms with Gasteiger partial charge in [0.2, 0.25) is 5.91 Å². The molecule has 2 aromatic carbocycles. The van der Waals surface area contributed by atoms with Crippen LogP contribution in [-0.4, -0.2) is 20.6 Å².